The SMILES string of the molecule is CC(C)Cn1[c-]nc(Br)c1Br.[Li+]. The number of halogens is 2. The molecule has 1 rings (SSSR count). The van der Waals surface area contributed by atoms with Gasteiger partial charge in [0.25, 0.3) is 0 Å². The van der Waals surface area contributed by atoms with Crippen molar-refractivity contribution in [2.45, 2.75) is 20.4 Å². The van der Waals surface area contributed by atoms with E-state index in [0.29, 0.717) is 5.92 Å². The van der Waals surface area contributed by atoms with Crippen LogP contribution in [0.2, 0.25) is 0 Å². The smallest absolute Gasteiger partial charge is 0.441 e. The summed E-state index contributed by atoms with van der Waals surface area (Å²) >= 11 is 6.70. The van der Waals surface area contributed by atoms with Crippen molar-refractivity contribution in [1.29, 1.82) is 0 Å². The molecule has 0 saturated carbocycles. The fourth-order valence-corrected chi connectivity index (χ4v) is 1.40. The summed E-state index contributed by atoms with van der Waals surface area (Å²) in [6, 6.07) is 0. The Morgan fingerprint density at radius 2 is 2.08 bits per heavy atom. The van der Waals surface area contributed by atoms with Crippen LogP contribution in [0.25, 0.3) is 0 Å². The first-order chi connectivity index (χ1) is 5.11. The van der Waals surface area contributed by atoms with Crippen molar-refractivity contribution >= 4 is 31.9 Å². The largest absolute Gasteiger partial charge is 1.00 e. The van der Waals surface area contributed by atoms with Crippen LogP contribution in [0.3, 0.4) is 0 Å². The Balaban J connectivity index is 0.00000121. The maximum Gasteiger partial charge on any atom is 1.00 e. The predicted molar refractivity (Wildman–Crippen MR) is 51.3 cm³/mol. The molecule has 0 unspecified atom stereocenters. The van der Waals surface area contributed by atoms with Crippen molar-refractivity contribution < 1.29 is 18.9 Å². The van der Waals surface area contributed by atoms with E-state index >= 15 is 0 Å². The van der Waals surface area contributed by atoms with E-state index < -0.39 is 0 Å². The molecule has 12 heavy (non-hydrogen) atoms. The molecule has 0 fully saturated rings. The van der Waals surface area contributed by atoms with E-state index in [-0.39, 0.29) is 18.9 Å². The van der Waals surface area contributed by atoms with Crippen LogP contribution in [0, 0.1) is 12.2 Å². The summed E-state index contributed by atoms with van der Waals surface area (Å²) in [5, 5.41) is 0. The molecule has 0 N–H and O–H groups in total. The standard InChI is InChI=1S/C7H9Br2N2.Li/c1-5(2)3-11-4-10-6(8)7(11)9;/h5H,3H2,1-2H3;/q-1;+1. The Morgan fingerprint density at radius 1 is 1.50 bits per heavy atom. The van der Waals surface area contributed by atoms with Crippen LogP contribution in [0.15, 0.2) is 9.21 Å². The van der Waals surface area contributed by atoms with Gasteiger partial charge in [0.15, 0.2) is 0 Å². The van der Waals surface area contributed by atoms with Gasteiger partial charge in [-0.3, -0.25) is 0 Å². The molecule has 2 nitrogen and oxygen atoms in total. The minimum absolute atomic E-state index is 0. The zero-order valence-corrected chi connectivity index (χ0v) is 10.6. The molecule has 0 amide bonds. The summed E-state index contributed by atoms with van der Waals surface area (Å²) < 4.78 is 3.73. The summed E-state index contributed by atoms with van der Waals surface area (Å²) in [6.07, 6.45) is 2.88. The Kier molecular flexibility index (Phi) is 5.84. The maximum absolute atomic E-state index is 3.98. The molecule has 5 heteroatoms. The molecule has 0 aromatic carbocycles. The van der Waals surface area contributed by atoms with E-state index in [1.54, 1.807) is 0 Å². The van der Waals surface area contributed by atoms with Crippen molar-refractivity contribution in [2.24, 2.45) is 5.92 Å². The molecule has 1 aromatic heterocycles. The summed E-state index contributed by atoms with van der Waals surface area (Å²) in [5.41, 5.74) is 0. The zero-order chi connectivity index (χ0) is 8.43. The normalized spacial score (nSPS) is 10.1. The molecule has 0 saturated heterocycles. The number of rotatable bonds is 2. The van der Waals surface area contributed by atoms with Gasteiger partial charge in [0.05, 0.1) is 0 Å². The van der Waals surface area contributed by atoms with Crippen LogP contribution in [-0.4, -0.2) is 9.55 Å². The van der Waals surface area contributed by atoms with Crippen molar-refractivity contribution in [2.75, 3.05) is 0 Å². The second-order valence-electron chi connectivity index (χ2n) is 2.80. The fourth-order valence-electron chi connectivity index (χ4n) is 0.792. The van der Waals surface area contributed by atoms with E-state index in [0.717, 1.165) is 15.8 Å². The summed E-state index contributed by atoms with van der Waals surface area (Å²) in [7, 11) is 0. The van der Waals surface area contributed by atoms with Gasteiger partial charge in [-0.2, -0.15) is 0 Å². The third kappa shape index (κ3) is 3.25. The van der Waals surface area contributed by atoms with Crippen molar-refractivity contribution in [3.8, 4) is 0 Å². The first kappa shape index (κ1) is 12.8. The van der Waals surface area contributed by atoms with Gasteiger partial charge in [0, 0.05) is 12.9 Å². The number of nitrogens with zero attached hydrogens (tertiary/aromatic N) is 2. The summed E-state index contributed by atoms with van der Waals surface area (Å²) in [6.45, 7) is 5.27. The van der Waals surface area contributed by atoms with Crippen LogP contribution in [0.1, 0.15) is 13.8 Å². The molecule has 1 heterocycles. The molecule has 0 bridgehead atoms. The monoisotopic (exact) mass is 286 g/mol. The Bertz CT molecular complexity index is 248. The van der Waals surface area contributed by atoms with Gasteiger partial charge in [-0.25, -0.2) is 0 Å². The molecule has 0 radical (unpaired) electrons. The average Bonchev–Trinajstić information content (AvgIpc) is 2.18. The van der Waals surface area contributed by atoms with Gasteiger partial charge in [0.1, 0.15) is 0 Å². The number of imidazole rings is 1. The van der Waals surface area contributed by atoms with Crippen LogP contribution in [0.5, 0.6) is 0 Å². The van der Waals surface area contributed by atoms with Crippen molar-refractivity contribution in [3.63, 3.8) is 0 Å². The van der Waals surface area contributed by atoms with E-state index in [2.05, 4.69) is 57.0 Å². The second kappa shape index (κ2) is 5.49. The van der Waals surface area contributed by atoms with Crippen molar-refractivity contribution in [3.05, 3.63) is 15.5 Å². The average molecular weight is 288 g/mol. The topological polar surface area (TPSA) is 17.8 Å². The van der Waals surface area contributed by atoms with Crippen LogP contribution < -0.4 is 18.9 Å². The minimum Gasteiger partial charge on any atom is -0.441 e. The van der Waals surface area contributed by atoms with Crippen LogP contribution >= 0.6 is 31.9 Å². The molecule has 62 valence electrons. The second-order valence-corrected chi connectivity index (χ2v) is 4.30. The molecule has 0 aliphatic heterocycles. The molecule has 0 aliphatic rings. The fraction of sp³-hybridized carbons (Fsp3) is 0.571. The van der Waals surface area contributed by atoms with Gasteiger partial charge in [0.2, 0.25) is 0 Å². The molecule has 0 atom stereocenters. The van der Waals surface area contributed by atoms with Crippen molar-refractivity contribution in [1.82, 2.24) is 9.55 Å². The maximum atomic E-state index is 3.98. The van der Waals surface area contributed by atoms with Gasteiger partial charge in [-0.05, 0) is 15.1 Å². The number of hydrogen-bond acceptors (Lipinski definition) is 1. The summed E-state index contributed by atoms with van der Waals surface area (Å²) in [5.74, 6) is 0.614. The predicted octanol–water partition coefficient (Wildman–Crippen LogP) is -0.132. The Labute approximate surface area is 102 Å². The molecule has 0 spiro atoms. The molecule has 0 aliphatic carbocycles. The van der Waals surface area contributed by atoms with E-state index in [1.807, 2.05) is 4.57 Å². The quantitative estimate of drug-likeness (QED) is 0.547. The Morgan fingerprint density at radius 3 is 2.42 bits per heavy atom. The number of hydrogen-bond donors (Lipinski definition) is 0. The van der Waals surface area contributed by atoms with E-state index in [1.165, 1.54) is 0 Å². The van der Waals surface area contributed by atoms with E-state index in [9.17, 15) is 0 Å². The first-order valence-corrected chi connectivity index (χ1v) is 4.99. The van der Waals surface area contributed by atoms with Crippen LogP contribution in [-0.2, 0) is 6.54 Å². The Hall–Kier alpha value is 0.767. The summed E-state index contributed by atoms with van der Waals surface area (Å²) in [4.78, 5) is 3.98. The number of aromatic nitrogens is 2. The molecule has 1 aromatic rings. The van der Waals surface area contributed by atoms with Gasteiger partial charge < -0.3 is 9.55 Å². The molecular formula is C7H9Br2LiN2. The molecular weight excluding hydrogens is 279 g/mol. The third-order valence-corrected chi connectivity index (χ3v) is 3.11. The zero-order valence-electron chi connectivity index (χ0n) is 7.43. The first-order valence-electron chi connectivity index (χ1n) is 3.40. The van der Waals surface area contributed by atoms with Gasteiger partial charge in [-0.1, -0.05) is 13.8 Å². The van der Waals surface area contributed by atoms with Gasteiger partial charge in [-0.15, -0.1) is 31.9 Å². The van der Waals surface area contributed by atoms with Gasteiger partial charge >= 0.3 is 18.9 Å². The third-order valence-electron chi connectivity index (χ3n) is 1.22. The van der Waals surface area contributed by atoms with Crippen LogP contribution in [0.4, 0.5) is 0 Å². The van der Waals surface area contributed by atoms with E-state index in [4.69, 9.17) is 0 Å². The minimum atomic E-state index is 0.